The number of oxazole rings is 1. The van der Waals surface area contributed by atoms with Gasteiger partial charge in [0.25, 0.3) is 10.0 Å². The van der Waals surface area contributed by atoms with Crippen molar-refractivity contribution < 1.29 is 35.7 Å². The van der Waals surface area contributed by atoms with Gasteiger partial charge in [0.2, 0.25) is 5.89 Å². The van der Waals surface area contributed by atoms with Crippen molar-refractivity contribution >= 4 is 28.3 Å². The van der Waals surface area contributed by atoms with Gasteiger partial charge in [0.15, 0.2) is 6.10 Å². The van der Waals surface area contributed by atoms with Crippen LogP contribution in [0.2, 0.25) is 0 Å². The van der Waals surface area contributed by atoms with Gasteiger partial charge >= 0.3 is 12.9 Å². The summed E-state index contributed by atoms with van der Waals surface area (Å²) in [7, 11) is -5.65. The molecule has 164 valence electrons. The molecule has 0 radical (unpaired) electrons. The zero-order chi connectivity index (χ0) is 22.3. The van der Waals surface area contributed by atoms with E-state index in [1.54, 1.807) is 6.92 Å². The number of alkyl halides is 2. The average Bonchev–Trinajstić information content (AvgIpc) is 3.23. The summed E-state index contributed by atoms with van der Waals surface area (Å²) < 4.78 is 73.9. The van der Waals surface area contributed by atoms with Gasteiger partial charge in [-0.3, -0.25) is 4.72 Å². The van der Waals surface area contributed by atoms with Gasteiger partial charge in [-0.2, -0.15) is 8.78 Å². The monoisotopic (exact) mass is 444 g/mol. The van der Waals surface area contributed by atoms with E-state index in [4.69, 9.17) is 18.5 Å². The second kappa shape index (κ2) is 7.82. The van der Waals surface area contributed by atoms with Gasteiger partial charge < -0.3 is 18.5 Å². The molecule has 30 heavy (non-hydrogen) atoms. The lowest BCUT2D eigenvalue weighted by atomic mass is 9.79. The van der Waals surface area contributed by atoms with Gasteiger partial charge in [-0.25, -0.2) is 13.4 Å². The Balaban J connectivity index is 1.96. The topological polar surface area (TPSA) is 99.9 Å². The maximum absolute atomic E-state index is 12.9. The van der Waals surface area contributed by atoms with Gasteiger partial charge in [-0.1, -0.05) is 6.07 Å². The standard InChI is InChI=1S/C18H23BF2N2O6S/c1-11(15-22-8-9-26-15)27-14-10-12(19-28-17(2,3)18(4,5)29-19)6-7-13(14)23-30(24,25)16(20)21/h6-11,16,23H,1-5H3. The van der Waals surface area contributed by atoms with Crippen LogP contribution in [-0.2, 0) is 19.3 Å². The highest BCUT2D eigenvalue weighted by Crippen LogP contribution is 2.37. The maximum Gasteiger partial charge on any atom is 0.494 e. The van der Waals surface area contributed by atoms with Crippen molar-refractivity contribution in [2.75, 3.05) is 4.72 Å². The molecule has 0 amide bonds. The van der Waals surface area contributed by atoms with Crippen LogP contribution in [0, 0.1) is 0 Å². The van der Waals surface area contributed by atoms with E-state index >= 15 is 0 Å². The third kappa shape index (κ3) is 4.45. The minimum atomic E-state index is -4.90. The number of rotatable bonds is 7. The van der Waals surface area contributed by atoms with E-state index in [0.29, 0.717) is 5.46 Å². The molecule has 0 bridgehead atoms. The Bertz CT molecular complexity index is 982. The van der Waals surface area contributed by atoms with Crippen LogP contribution in [0.3, 0.4) is 0 Å². The van der Waals surface area contributed by atoms with Crippen LogP contribution < -0.4 is 14.9 Å². The third-order valence-corrected chi connectivity index (χ3v) is 6.09. The summed E-state index contributed by atoms with van der Waals surface area (Å²) in [5.74, 6) is -3.37. The lowest BCUT2D eigenvalue weighted by Crippen LogP contribution is -2.41. The number of anilines is 1. The van der Waals surface area contributed by atoms with Crippen molar-refractivity contribution in [2.45, 2.75) is 57.7 Å². The van der Waals surface area contributed by atoms with Gasteiger partial charge in [0.05, 0.1) is 23.1 Å². The first-order chi connectivity index (χ1) is 13.8. The summed E-state index contributed by atoms with van der Waals surface area (Å²) in [4.78, 5) is 3.98. The molecule has 12 heteroatoms. The number of halogens is 2. The lowest BCUT2D eigenvalue weighted by Gasteiger charge is -2.32. The zero-order valence-corrected chi connectivity index (χ0v) is 18.0. The molecule has 1 fully saturated rings. The predicted molar refractivity (Wildman–Crippen MR) is 106 cm³/mol. The summed E-state index contributed by atoms with van der Waals surface area (Å²) in [5, 5.41) is 0. The molecule has 0 saturated carbocycles. The number of hydrogen-bond acceptors (Lipinski definition) is 7. The van der Waals surface area contributed by atoms with Crippen LogP contribution in [0.4, 0.5) is 14.5 Å². The van der Waals surface area contributed by atoms with Crippen molar-refractivity contribution in [3.8, 4) is 5.75 Å². The molecule has 1 saturated heterocycles. The number of nitrogens with one attached hydrogen (secondary N) is 1. The largest absolute Gasteiger partial charge is 0.494 e. The van der Waals surface area contributed by atoms with E-state index < -0.39 is 40.2 Å². The van der Waals surface area contributed by atoms with E-state index in [1.807, 2.05) is 32.4 Å². The SMILES string of the molecule is CC(Oc1cc(B2OC(C)(C)C(C)(C)O2)ccc1NS(=O)(=O)C(F)F)c1ncco1. The molecule has 1 aliphatic rings. The molecular weight excluding hydrogens is 421 g/mol. The first-order valence-electron chi connectivity index (χ1n) is 9.18. The molecule has 1 N–H and O–H groups in total. The number of benzene rings is 1. The maximum atomic E-state index is 12.9. The van der Waals surface area contributed by atoms with Gasteiger partial charge in [0, 0.05) is 0 Å². The minimum Gasteiger partial charge on any atom is -0.479 e. The summed E-state index contributed by atoms with van der Waals surface area (Å²) in [6.07, 6.45) is 2.07. The molecule has 0 spiro atoms. The van der Waals surface area contributed by atoms with Crippen LogP contribution in [0.1, 0.15) is 46.6 Å². The number of ether oxygens (including phenoxy) is 1. The van der Waals surface area contributed by atoms with Crippen LogP contribution in [0.15, 0.2) is 35.1 Å². The van der Waals surface area contributed by atoms with Crippen LogP contribution >= 0.6 is 0 Å². The highest BCUT2D eigenvalue weighted by Gasteiger charge is 2.51. The van der Waals surface area contributed by atoms with Crippen molar-refractivity contribution in [1.29, 1.82) is 0 Å². The number of nitrogens with zero attached hydrogens (tertiary/aromatic N) is 1. The molecule has 3 rings (SSSR count). The van der Waals surface area contributed by atoms with Gasteiger partial charge in [-0.05, 0) is 52.2 Å². The van der Waals surface area contributed by atoms with Crippen molar-refractivity contribution in [1.82, 2.24) is 4.98 Å². The second-order valence-electron chi connectivity index (χ2n) is 7.88. The molecule has 1 aromatic heterocycles. The smallest absolute Gasteiger partial charge is 0.479 e. The molecular formula is C18H23BF2N2O6S. The Kier molecular flexibility index (Phi) is 5.87. The quantitative estimate of drug-likeness (QED) is 0.656. The van der Waals surface area contributed by atoms with Crippen LogP contribution in [0.5, 0.6) is 5.75 Å². The fourth-order valence-electron chi connectivity index (χ4n) is 2.72. The molecule has 1 aromatic carbocycles. The average molecular weight is 444 g/mol. The van der Waals surface area contributed by atoms with E-state index in [-0.39, 0.29) is 17.3 Å². The van der Waals surface area contributed by atoms with Gasteiger partial charge in [0.1, 0.15) is 12.0 Å². The molecule has 1 unspecified atom stereocenters. The van der Waals surface area contributed by atoms with Crippen molar-refractivity contribution in [3.63, 3.8) is 0 Å². The molecule has 0 aliphatic carbocycles. The molecule has 2 heterocycles. The summed E-state index contributed by atoms with van der Waals surface area (Å²) in [6.45, 7) is 9.18. The first-order valence-corrected chi connectivity index (χ1v) is 10.7. The molecule has 2 aromatic rings. The molecule has 1 atom stereocenters. The Labute approximate surface area is 174 Å². The van der Waals surface area contributed by atoms with Crippen LogP contribution in [0.25, 0.3) is 0 Å². The first kappa shape index (κ1) is 22.5. The van der Waals surface area contributed by atoms with Crippen LogP contribution in [-0.4, -0.2) is 37.5 Å². The minimum absolute atomic E-state index is 0.00265. The lowest BCUT2D eigenvalue weighted by molar-refractivity contribution is 0.00578. The summed E-state index contributed by atoms with van der Waals surface area (Å²) in [5.41, 5.74) is -0.822. The highest BCUT2D eigenvalue weighted by molar-refractivity contribution is 7.93. The van der Waals surface area contributed by atoms with E-state index in [9.17, 15) is 17.2 Å². The number of hydrogen-bond donors (Lipinski definition) is 1. The summed E-state index contributed by atoms with van der Waals surface area (Å²) in [6, 6.07) is 4.32. The number of aromatic nitrogens is 1. The van der Waals surface area contributed by atoms with E-state index in [1.165, 1.54) is 30.7 Å². The Morgan fingerprint density at radius 2 is 1.80 bits per heavy atom. The fourth-order valence-corrected chi connectivity index (χ4v) is 3.28. The molecule has 1 aliphatic heterocycles. The van der Waals surface area contributed by atoms with Crippen molar-refractivity contribution in [3.05, 3.63) is 36.5 Å². The third-order valence-electron chi connectivity index (χ3n) is 5.12. The Morgan fingerprint density at radius 3 is 2.33 bits per heavy atom. The summed E-state index contributed by atoms with van der Waals surface area (Å²) >= 11 is 0. The van der Waals surface area contributed by atoms with Gasteiger partial charge in [-0.15, -0.1) is 0 Å². The Morgan fingerprint density at radius 1 is 1.17 bits per heavy atom. The second-order valence-corrected chi connectivity index (χ2v) is 9.53. The van der Waals surface area contributed by atoms with Crippen molar-refractivity contribution in [2.24, 2.45) is 0 Å². The number of sulfonamides is 1. The Hall–Kier alpha value is -2.18. The molecule has 8 nitrogen and oxygen atoms in total. The highest BCUT2D eigenvalue weighted by atomic mass is 32.2. The predicted octanol–water partition coefficient (Wildman–Crippen LogP) is 3.08. The normalized spacial score (nSPS) is 19.1. The fraction of sp³-hybridized carbons (Fsp3) is 0.500. The van der Waals surface area contributed by atoms with E-state index in [2.05, 4.69) is 4.98 Å². The van der Waals surface area contributed by atoms with E-state index in [0.717, 1.165) is 0 Å². The zero-order valence-electron chi connectivity index (χ0n) is 17.2.